The van der Waals surface area contributed by atoms with E-state index in [1.165, 1.54) is 57.1 Å². The molecular weight excluding hydrogens is 622 g/mol. The lowest BCUT2D eigenvalue weighted by Crippen LogP contribution is -2.43. The van der Waals surface area contributed by atoms with E-state index in [9.17, 15) is 9.90 Å². The van der Waals surface area contributed by atoms with Gasteiger partial charge in [0, 0.05) is 29.8 Å². The van der Waals surface area contributed by atoms with E-state index in [1.54, 1.807) is 30.3 Å². The molecule has 10 nitrogen and oxygen atoms in total. The van der Waals surface area contributed by atoms with Crippen molar-refractivity contribution >= 4 is 16.2 Å². The first kappa shape index (κ1) is 35.6. The van der Waals surface area contributed by atoms with Gasteiger partial charge in [-0.3, -0.25) is 13.9 Å². The van der Waals surface area contributed by atoms with Crippen molar-refractivity contribution in [1.29, 1.82) is 0 Å². The molecule has 47 heavy (non-hydrogen) atoms. The SMILES string of the molecule is CN1C2CCC1CC(OC(c1ccccc1)c1ccccc1)C2.COc1cc(O)c(C(=O)c2ccccc2)c(OC)c1.O=S(=O)(O)O. The first-order valence-corrected chi connectivity index (χ1v) is 16.6. The second-order valence-corrected chi connectivity index (χ2v) is 12.2. The van der Waals surface area contributed by atoms with Crippen molar-refractivity contribution in [3.8, 4) is 17.2 Å². The molecule has 3 N–H and O–H groups in total. The van der Waals surface area contributed by atoms with E-state index in [4.69, 9.17) is 31.7 Å². The van der Waals surface area contributed by atoms with Crippen LogP contribution in [0.4, 0.5) is 0 Å². The highest BCUT2D eigenvalue weighted by Gasteiger charge is 2.39. The molecule has 2 aliphatic heterocycles. The van der Waals surface area contributed by atoms with Crippen molar-refractivity contribution in [3.05, 3.63) is 125 Å². The maximum Gasteiger partial charge on any atom is 0.394 e. The molecule has 2 heterocycles. The first-order valence-electron chi connectivity index (χ1n) is 15.2. The minimum absolute atomic E-state index is 0.0465. The van der Waals surface area contributed by atoms with E-state index in [-0.39, 0.29) is 28.9 Å². The smallest absolute Gasteiger partial charge is 0.394 e. The third-order valence-corrected chi connectivity index (χ3v) is 8.36. The van der Waals surface area contributed by atoms with Gasteiger partial charge >= 0.3 is 10.4 Å². The molecule has 11 heteroatoms. The molecule has 6 rings (SSSR count). The molecule has 0 aliphatic carbocycles. The monoisotopic (exact) mass is 663 g/mol. The number of benzene rings is 4. The van der Waals surface area contributed by atoms with Crippen molar-refractivity contribution in [1.82, 2.24) is 4.90 Å². The van der Waals surface area contributed by atoms with Gasteiger partial charge in [-0.1, -0.05) is 91.0 Å². The van der Waals surface area contributed by atoms with E-state index < -0.39 is 10.4 Å². The van der Waals surface area contributed by atoms with Crippen molar-refractivity contribution in [2.75, 3.05) is 21.3 Å². The standard InChI is InChI=1S/C21H25NO.C15H14O4.H2O4S/c1-22-18-12-13-19(22)15-20(14-18)23-21(16-8-4-2-5-9-16)17-10-6-3-7-11-17;1-18-11-8-12(16)14(13(9-11)19-2)15(17)10-6-4-3-5-7-10;1-5(2,3)4/h2-11,18-21H,12-15H2,1H3;3-9,16H,1-2H3;(H2,1,2,3,4). The Balaban J connectivity index is 0.000000189. The number of fused-ring (bicyclic) bond motifs is 2. The number of ketones is 1. The Hall–Kier alpha value is -4.26. The summed E-state index contributed by atoms with van der Waals surface area (Å²) >= 11 is 0. The van der Waals surface area contributed by atoms with Gasteiger partial charge in [0.05, 0.1) is 20.3 Å². The molecule has 2 atom stereocenters. The van der Waals surface area contributed by atoms with Gasteiger partial charge in [0.15, 0.2) is 0 Å². The maximum absolute atomic E-state index is 12.4. The topological polar surface area (TPSA) is 143 Å². The van der Waals surface area contributed by atoms with Gasteiger partial charge in [-0.15, -0.1) is 0 Å². The first-order chi connectivity index (χ1) is 22.5. The fourth-order valence-corrected chi connectivity index (χ4v) is 6.09. The van der Waals surface area contributed by atoms with Crippen LogP contribution in [0, 0.1) is 0 Å². The van der Waals surface area contributed by atoms with Crippen LogP contribution in [-0.4, -0.2) is 72.8 Å². The Bertz CT molecular complexity index is 1620. The van der Waals surface area contributed by atoms with Crippen molar-refractivity contribution in [2.45, 2.75) is 50.0 Å². The summed E-state index contributed by atoms with van der Waals surface area (Å²) in [6.07, 6.45) is 5.43. The highest BCUT2D eigenvalue weighted by atomic mass is 32.3. The summed E-state index contributed by atoms with van der Waals surface area (Å²) in [5.41, 5.74) is 3.13. The van der Waals surface area contributed by atoms with Crippen LogP contribution in [0.3, 0.4) is 0 Å². The number of hydrogen-bond acceptors (Lipinski definition) is 8. The van der Waals surface area contributed by atoms with Crippen molar-refractivity contribution < 1.29 is 41.6 Å². The maximum atomic E-state index is 12.4. The number of carbonyl (C=O) groups is 1. The number of ether oxygens (including phenoxy) is 3. The second-order valence-electron chi connectivity index (χ2n) is 11.3. The molecule has 250 valence electrons. The molecule has 0 amide bonds. The summed E-state index contributed by atoms with van der Waals surface area (Å²) in [5, 5.41) is 9.99. The minimum Gasteiger partial charge on any atom is -0.507 e. The predicted octanol–water partition coefficient (Wildman–Crippen LogP) is 6.41. The van der Waals surface area contributed by atoms with Crippen molar-refractivity contribution in [3.63, 3.8) is 0 Å². The van der Waals surface area contributed by atoms with Gasteiger partial charge in [-0.25, -0.2) is 0 Å². The fraction of sp³-hybridized carbons (Fsp3) is 0.306. The zero-order chi connectivity index (χ0) is 34.0. The molecule has 2 unspecified atom stereocenters. The Morgan fingerprint density at radius 3 is 1.70 bits per heavy atom. The van der Waals surface area contributed by atoms with Crippen LogP contribution in [0.1, 0.15) is 58.8 Å². The van der Waals surface area contributed by atoms with Crippen LogP contribution in [0.2, 0.25) is 0 Å². The number of aromatic hydroxyl groups is 1. The quantitative estimate of drug-likeness (QED) is 0.143. The Labute approximate surface area is 276 Å². The van der Waals surface area contributed by atoms with Crippen LogP contribution < -0.4 is 9.47 Å². The molecule has 2 fully saturated rings. The van der Waals surface area contributed by atoms with Gasteiger partial charge < -0.3 is 24.2 Å². The molecule has 0 spiro atoms. The van der Waals surface area contributed by atoms with E-state index in [0.29, 0.717) is 29.5 Å². The lowest BCUT2D eigenvalue weighted by molar-refractivity contribution is -0.0426. The molecule has 0 radical (unpaired) electrons. The molecule has 2 bridgehead atoms. The Morgan fingerprint density at radius 1 is 0.787 bits per heavy atom. The zero-order valence-corrected chi connectivity index (χ0v) is 27.4. The molecule has 0 aromatic heterocycles. The number of carbonyl (C=O) groups excluding carboxylic acids is 1. The second kappa shape index (κ2) is 16.5. The van der Waals surface area contributed by atoms with Crippen LogP contribution in [-0.2, 0) is 15.1 Å². The van der Waals surface area contributed by atoms with E-state index in [2.05, 4.69) is 72.6 Å². The van der Waals surface area contributed by atoms with E-state index in [0.717, 1.165) is 0 Å². The summed E-state index contributed by atoms with van der Waals surface area (Å²) < 4.78 is 48.4. The van der Waals surface area contributed by atoms with Gasteiger partial charge in [-0.2, -0.15) is 8.42 Å². The number of phenolic OH excluding ortho intramolecular Hbond substituents is 1. The van der Waals surface area contributed by atoms with E-state index in [1.807, 2.05) is 6.07 Å². The fourth-order valence-electron chi connectivity index (χ4n) is 6.09. The van der Waals surface area contributed by atoms with Crippen LogP contribution in [0.15, 0.2) is 103 Å². The van der Waals surface area contributed by atoms with Gasteiger partial charge in [0.25, 0.3) is 0 Å². The Morgan fingerprint density at radius 2 is 1.26 bits per heavy atom. The summed E-state index contributed by atoms with van der Waals surface area (Å²) in [6, 6.07) is 34.4. The van der Waals surface area contributed by atoms with Crippen LogP contribution in [0.5, 0.6) is 17.2 Å². The highest BCUT2D eigenvalue weighted by molar-refractivity contribution is 7.79. The molecule has 4 aromatic rings. The zero-order valence-electron chi connectivity index (χ0n) is 26.6. The molecule has 2 saturated heterocycles. The Kier molecular flexibility index (Phi) is 12.5. The van der Waals surface area contributed by atoms with Crippen LogP contribution in [0.25, 0.3) is 0 Å². The van der Waals surface area contributed by atoms with E-state index >= 15 is 0 Å². The van der Waals surface area contributed by atoms with Gasteiger partial charge in [0.2, 0.25) is 5.78 Å². The molecule has 2 aliphatic rings. The van der Waals surface area contributed by atoms with Gasteiger partial charge in [0.1, 0.15) is 28.9 Å². The molecule has 0 saturated carbocycles. The highest BCUT2D eigenvalue weighted by Crippen LogP contribution is 2.39. The average molecular weight is 664 g/mol. The van der Waals surface area contributed by atoms with Gasteiger partial charge in [-0.05, 0) is 43.9 Å². The number of methoxy groups -OCH3 is 2. The lowest BCUT2D eigenvalue weighted by atomic mass is 9.97. The third-order valence-electron chi connectivity index (χ3n) is 8.36. The van der Waals surface area contributed by atoms with Crippen LogP contribution >= 0.6 is 0 Å². The lowest BCUT2D eigenvalue weighted by Gasteiger charge is -2.38. The summed E-state index contributed by atoms with van der Waals surface area (Å²) in [6.45, 7) is 0. The summed E-state index contributed by atoms with van der Waals surface area (Å²) in [5.74, 6) is 0.257. The predicted molar refractivity (Wildman–Crippen MR) is 179 cm³/mol. The summed E-state index contributed by atoms with van der Waals surface area (Å²) in [7, 11) is 0.535. The molecular formula is C36H41NO9S. The average Bonchev–Trinajstić information content (AvgIpc) is 3.26. The number of nitrogens with zero attached hydrogens (tertiary/aromatic N) is 1. The number of piperidine rings is 1. The minimum atomic E-state index is -4.67. The summed E-state index contributed by atoms with van der Waals surface area (Å²) in [4.78, 5) is 14.9. The number of rotatable bonds is 8. The number of phenols is 1. The normalized spacial score (nSPS) is 18.7. The third kappa shape index (κ3) is 10.1. The molecule has 4 aromatic carbocycles. The number of hydrogen-bond donors (Lipinski definition) is 3. The van der Waals surface area contributed by atoms with Crippen molar-refractivity contribution in [2.24, 2.45) is 0 Å². The largest absolute Gasteiger partial charge is 0.507 e.